The highest BCUT2D eigenvalue weighted by Crippen LogP contribution is 2.29. The lowest BCUT2D eigenvalue weighted by atomic mass is 10.1. The van der Waals surface area contributed by atoms with Crippen LogP contribution >= 0.6 is 34.8 Å². The number of carbonyl (C=O) groups excluding carboxylic acids is 2. The molecule has 25 heavy (non-hydrogen) atoms. The standard InChI is InChI=1S/C17H14Cl3NO4/c1-24-14-6-5-11(18)7-10(14)8-16(23)25-9-15(22)21-13-4-2-3-12(19)17(13)20/h2-7H,8-9H2,1H3,(H,21,22). The van der Waals surface area contributed by atoms with Gasteiger partial charge in [0.1, 0.15) is 5.75 Å². The van der Waals surface area contributed by atoms with E-state index < -0.39 is 18.5 Å². The highest BCUT2D eigenvalue weighted by Gasteiger charge is 2.14. The lowest BCUT2D eigenvalue weighted by Crippen LogP contribution is -2.22. The fourth-order valence-electron chi connectivity index (χ4n) is 2.02. The Labute approximate surface area is 159 Å². The number of halogens is 3. The van der Waals surface area contributed by atoms with Crippen molar-refractivity contribution in [2.24, 2.45) is 0 Å². The Morgan fingerprint density at radius 2 is 1.88 bits per heavy atom. The van der Waals surface area contributed by atoms with Gasteiger partial charge in [-0.05, 0) is 30.3 Å². The Kier molecular flexibility index (Phi) is 6.93. The van der Waals surface area contributed by atoms with Gasteiger partial charge >= 0.3 is 5.97 Å². The first-order valence-corrected chi connectivity index (χ1v) is 8.26. The van der Waals surface area contributed by atoms with Crippen LogP contribution in [0.5, 0.6) is 5.75 Å². The summed E-state index contributed by atoms with van der Waals surface area (Å²) in [4.78, 5) is 23.8. The molecule has 0 bridgehead atoms. The molecule has 0 spiro atoms. The van der Waals surface area contributed by atoms with Crippen molar-refractivity contribution in [1.29, 1.82) is 0 Å². The maximum atomic E-state index is 11.9. The van der Waals surface area contributed by atoms with Crippen LogP contribution in [0.2, 0.25) is 15.1 Å². The first-order valence-electron chi connectivity index (χ1n) is 7.12. The largest absolute Gasteiger partial charge is 0.496 e. The van der Waals surface area contributed by atoms with E-state index in [-0.39, 0.29) is 11.4 Å². The van der Waals surface area contributed by atoms with Gasteiger partial charge in [0.2, 0.25) is 0 Å². The normalized spacial score (nSPS) is 10.2. The summed E-state index contributed by atoms with van der Waals surface area (Å²) >= 11 is 17.7. The fourth-order valence-corrected chi connectivity index (χ4v) is 2.57. The van der Waals surface area contributed by atoms with Gasteiger partial charge in [-0.15, -0.1) is 0 Å². The predicted molar refractivity (Wildman–Crippen MR) is 97.8 cm³/mol. The number of rotatable bonds is 6. The Hall–Kier alpha value is -1.95. The first kappa shape index (κ1) is 19.4. The summed E-state index contributed by atoms with van der Waals surface area (Å²) in [5, 5.41) is 3.52. The number of nitrogens with one attached hydrogen (secondary N) is 1. The monoisotopic (exact) mass is 401 g/mol. The molecule has 2 rings (SSSR count). The molecule has 1 N–H and O–H groups in total. The number of benzene rings is 2. The van der Waals surface area contributed by atoms with E-state index in [2.05, 4.69) is 5.32 Å². The van der Waals surface area contributed by atoms with Crippen molar-refractivity contribution in [2.75, 3.05) is 19.0 Å². The maximum absolute atomic E-state index is 11.9. The van der Waals surface area contributed by atoms with Gasteiger partial charge in [-0.2, -0.15) is 0 Å². The SMILES string of the molecule is COc1ccc(Cl)cc1CC(=O)OCC(=O)Nc1cccc(Cl)c1Cl. The Bertz CT molecular complexity index is 795. The molecule has 132 valence electrons. The molecular formula is C17H14Cl3NO4. The molecule has 0 fully saturated rings. The van der Waals surface area contributed by atoms with E-state index in [4.69, 9.17) is 44.3 Å². The minimum absolute atomic E-state index is 0.0745. The quantitative estimate of drug-likeness (QED) is 0.728. The average molecular weight is 403 g/mol. The topological polar surface area (TPSA) is 64.6 Å². The van der Waals surface area contributed by atoms with Crippen LogP contribution in [0.1, 0.15) is 5.56 Å². The minimum Gasteiger partial charge on any atom is -0.496 e. The second kappa shape index (κ2) is 8.94. The van der Waals surface area contributed by atoms with Crippen molar-refractivity contribution < 1.29 is 19.1 Å². The van der Waals surface area contributed by atoms with E-state index in [1.807, 2.05) is 0 Å². The number of ether oxygens (including phenoxy) is 2. The third kappa shape index (κ3) is 5.53. The first-order chi connectivity index (χ1) is 11.9. The number of hydrogen-bond acceptors (Lipinski definition) is 4. The van der Waals surface area contributed by atoms with Crippen molar-refractivity contribution >= 4 is 52.4 Å². The molecule has 2 aromatic rings. The van der Waals surface area contributed by atoms with Gasteiger partial charge in [0, 0.05) is 10.6 Å². The molecule has 0 aromatic heterocycles. The minimum atomic E-state index is -0.590. The number of esters is 1. The summed E-state index contributed by atoms with van der Waals surface area (Å²) in [5.74, 6) is -0.611. The lowest BCUT2D eigenvalue weighted by molar-refractivity contribution is -0.146. The summed E-state index contributed by atoms with van der Waals surface area (Å²) in [7, 11) is 1.49. The molecule has 0 saturated heterocycles. The number of methoxy groups -OCH3 is 1. The molecular weight excluding hydrogens is 389 g/mol. The Morgan fingerprint density at radius 3 is 2.60 bits per heavy atom. The van der Waals surface area contributed by atoms with E-state index in [1.165, 1.54) is 7.11 Å². The van der Waals surface area contributed by atoms with Crippen molar-refractivity contribution in [3.63, 3.8) is 0 Å². The summed E-state index contributed by atoms with van der Waals surface area (Å²) in [6, 6.07) is 9.73. The molecule has 0 aliphatic rings. The third-order valence-corrected chi connectivity index (χ3v) is 4.22. The molecule has 0 aliphatic carbocycles. The summed E-state index contributed by atoms with van der Waals surface area (Å²) in [5.41, 5.74) is 0.907. The molecule has 1 amide bonds. The van der Waals surface area contributed by atoms with Gasteiger partial charge in [-0.1, -0.05) is 40.9 Å². The highest BCUT2D eigenvalue weighted by molar-refractivity contribution is 6.44. The van der Waals surface area contributed by atoms with Crippen LogP contribution in [0.25, 0.3) is 0 Å². The second-order valence-electron chi connectivity index (χ2n) is 4.94. The molecule has 0 radical (unpaired) electrons. The van der Waals surface area contributed by atoms with Gasteiger partial charge in [0.15, 0.2) is 6.61 Å². The molecule has 0 saturated carbocycles. The van der Waals surface area contributed by atoms with Crippen LogP contribution in [0, 0.1) is 0 Å². The average Bonchev–Trinajstić information content (AvgIpc) is 2.57. The van der Waals surface area contributed by atoms with Crippen molar-refractivity contribution in [2.45, 2.75) is 6.42 Å². The van der Waals surface area contributed by atoms with E-state index in [0.717, 1.165) is 0 Å². The van der Waals surface area contributed by atoms with Crippen LogP contribution in [0.15, 0.2) is 36.4 Å². The zero-order chi connectivity index (χ0) is 18.4. The molecule has 8 heteroatoms. The number of amides is 1. The maximum Gasteiger partial charge on any atom is 0.310 e. The van der Waals surface area contributed by atoms with Gasteiger partial charge in [-0.25, -0.2) is 0 Å². The zero-order valence-corrected chi connectivity index (χ0v) is 15.4. The molecule has 0 unspecified atom stereocenters. The molecule has 0 heterocycles. The van der Waals surface area contributed by atoms with Gasteiger partial charge < -0.3 is 14.8 Å². The van der Waals surface area contributed by atoms with Crippen molar-refractivity contribution in [3.8, 4) is 5.75 Å². The smallest absolute Gasteiger partial charge is 0.310 e. The molecule has 0 aliphatic heterocycles. The number of anilines is 1. The van der Waals surface area contributed by atoms with E-state index in [1.54, 1.807) is 36.4 Å². The fraction of sp³-hybridized carbons (Fsp3) is 0.176. The molecule has 5 nitrogen and oxygen atoms in total. The van der Waals surface area contributed by atoms with Crippen LogP contribution < -0.4 is 10.1 Å². The van der Waals surface area contributed by atoms with Gasteiger partial charge in [0.25, 0.3) is 5.91 Å². The Morgan fingerprint density at radius 1 is 1.12 bits per heavy atom. The lowest BCUT2D eigenvalue weighted by Gasteiger charge is -2.10. The molecule has 0 atom stereocenters. The van der Waals surface area contributed by atoms with Crippen LogP contribution in [0.4, 0.5) is 5.69 Å². The summed E-state index contributed by atoms with van der Waals surface area (Å²) < 4.78 is 10.1. The van der Waals surface area contributed by atoms with Crippen molar-refractivity contribution in [1.82, 2.24) is 0 Å². The van der Waals surface area contributed by atoms with Crippen LogP contribution in [-0.2, 0) is 20.7 Å². The van der Waals surface area contributed by atoms with Gasteiger partial charge in [0.05, 0.1) is 29.3 Å². The Balaban J connectivity index is 1.90. The van der Waals surface area contributed by atoms with Crippen LogP contribution in [0.3, 0.4) is 0 Å². The summed E-state index contributed by atoms with van der Waals surface area (Å²) in [6.07, 6.45) is -0.0745. The van der Waals surface area contributed by atoms with E-state index in [0.29, 0.717) is 27.0 Å². The van der Waals surface area contributed by atoms with Crippen LogP contribution in [-0.4, -0.2) is 25.6 Å². The van der Waals surface area contributed by atoms with Crippen molar-refractivity contribution in [3.05, 3.63) is 57.0 Å². The highest BCUT2D eigenvalue weighted by atomic mass is 35.5. The van der Waals surface area contributed by atoms with E-state index >= 15 is 0 Å². The molecule has 2 aromatic carbocycles. The zero-order valence-electron chi connectivity index (χ0n) is 13.1. The third-order valence-electron chi connectivity index (χ3n) is 3.17. The predicted octanol–water partition coefficient (Wildman–Crippen LogP) is 4.38. The second-order valence-corrected chi connectivity index (χ2v) is 6.16. The number of carbonyl (C=O) groups is 2. The van der Waals surface area contributed by atoms with Gasteiger partial charge in [-0.3, -0.25) is 9.59 Å². The summed E-state index contributed by atoms with van der Waals surface area (Å²) in [6.45, 7) is -0.454. The number of hydrogen-bond donors (Lipinski definition) is 1. The van der Waals surface area contributed by atoms with E-state index in [9.17, 15) is 9.59 Å².